The third-order valence-electron chi connectivity index (χ3n) is 5.69. The lowest BCUT2D eigenvalue weighted by Gasteiger charge is -2.07. The minimum atomic E-state index is 0.215. The zero-order valence-corrected chi connectivity index (χ0v) is 18.3. The molecule has 0 fully saturated rings. The average molecular weight is 435 g/mol. The lowest BCUT2D eigenvalue weighted by molar-refractivity contribution is 0.258. The molecule has 0 radical (unpaired) electrons. The lowest BCUT2D eigenvalue weighted by Crippen LogP contribution is -2.02. The van der Waals surface area contributed by atoms with Crippen molar-refractivity contribution in [3.8, 4) is 5.75 Å². The summed E-state index contributed by atoms with van der Waals surface area (Å²) >= 11 is 0. The number of hydrogen-bond acceptors (Lipinski definition) is 6. The van der Waals surface area contributed by atoms with Crippen LogP contribution in [0.2, 0.25) is 0 Å². The Labute approximate surface area is 189 Å². The van der Waals surface area contributed by atoms with Gasteiger partial charge in [-0.15, -0.1) is 10.2 Å². The number of rotatable bonds is 5. The zero-order valence-electron chi connectivity index (χ0n) is 18.3. The molecule has 0 atom stereocenters. The van der Waals surface area contributed by atoms with Gasteiger partial charge in [0.05, 0.1) is 16.6 Å². The first-order valence-electron chi connectivity index (χ1n) is 10.8. The van der Waals surface area contributed by atoms with Crippen LogP contribution >= 0.6 is 0 Å². The highest BCUT2D eigenvalue weighted by Gasteiger charge is 2.19. The number of aromatic nitrogens is 5. The van der Waals surface area contributed by atoms with Crippen LogP contribution in [0.25, 0.3) is 33.1 Å². The molecule has 0 saturated carbocycles. The van der Waals surface area contributed by atoms with E-state index in [-0.39, 0.29) is 6.61 Å². The SMILES string of the molecule is Cc1cc(C)c2c(c1)c1nc3ccccc3nc1n2Cc1nnc(COc2ccccc2)o1. The number of nitrogens with zero attached hydrogens (tertiary/aromatic N) is 5. The van der Waals surface area contributed by atoms with E-state index in [2.05, 4.69) is 40.7 Å². The van der Waals surface area contributed by atoms with E-state index in [0.29, 0.717) is 18.3 Å². The third-order valence-corrected chi connectivity index (χ3v) is 5.69. The lowest BCUT2D eigenvalue weighted by atomic mass is 10.1. The number of hydrogen-bond donors (Lipinski definition) is 0. The first kappa shape index (κ1) is 19.4. The molecule has 7 heteroatoms. The normalized spacial score (nSPS) is 11.6. The Morgan fingerprint density at radius 2 is 1.58 bits per heavy atom. The molecule has 0 amide bonds. The van der Waals surface area contributed by atoms with Gasteiger partial charge < -0.3 is 13.7 Å². The molecule has 162 valence electrons. The Bertz CT molecular complexity index is 1620. The topological polar surface area (TPSA) is 78.9 Å². The summed E-state index contributed by atoms with van der Waals surface area (Å²) < 4.78 is 13.8. The molecule has 0 N–H and O–H groups in total. The molecule has 0 unspecified atom stereocenters. The van der Waals surface area contributed by atoms with Gasteiger partial charge in [-0.3, -0.25) is 0 Å². The zero-order chi connectivity index (χ0) is 22.4. The second-order valence-electron chi connectivity index (χ2n) is 8.14. The molecule has 0 aliphatic heterocycles. The summed E-state index contributed by atoms with van der Waals surface area (Å²) in [6.45, 7) is 4.82. The molecule has 3 aromatic heterocycles. The van der Waals surface area contributed by atoms with Gasteiger partial charge in [-0.1, -0.05) is 42.0 Å². The molecule has 33 heavy (non-hydrogen) atoms. The average Bonchev–Trinajstić information content (AvgIpc) is 3.40. The van der Waals surface area contributed by atoms with Gasteiger partial charge in [0.1, 0.15) is 17.8 Å². The standard InChI is InChI=1S/C26H21N5O2/c1-16-12-17(2)25-19(13-16)24-26(28-21-11-7-6-10-20(21)27-24)31(25)14-22-29-30-23(33-22)15-32-18-8-4-3-5-9-18/h3-13H,14-15H2,1-2H3. The molecule has 0 aliphatic rings. The van der Waals surface area contributed by atoms with Crippen LogP contribution in [0.4, 0.5) is 0 Å². The Kier molecular flexibility index (Phi) is 4.54. The summed E-state index contributed by atoms with van der Waals surface area (Å²) in [4.78, 5) is 9.90. The second-order valence-corrected chi connectivity index (χ2v) is 8.14. The predicted molar refractivity (Wildman–Crippen MR) is 126 cm³/mol. The van der Waals surface area contributed by atoms with Crippen molar-refractivity contribution in [2.24, 2.45) is 0 Å². The quantitative estimate of drug-likeness (QED) is 0.362. The van der Waals surface area contributed by atoms with E-state index in [1.165, 1.54) is 5.56 Å². The Balaban J connectivity index is 1.42. The van der Waals surface area contributed by atoms with Crippen molar-refractivity contribution in [1.29, 1.82) is 0 Å². The van der Waals surface area contributed by atoms with Crippen molar-refractivity contribution in [3.63, 3.8) is 0 Å². The maximum absolute atomic E-state index is 5.91. The van der Waals surface area contributed by atoms with Gasteiger partial charge in [0, 0.05) is 5.39 Å². The maximum atomic E-state index is 5.91. The van der Waals surface area contributed by atoms with E-state index in [4.69, 9.17) is 19.1 Å². The van der Waals surface area contributed by atoms with Crippen LogP contribution in [0.3, 0.4) is 0 Å². The summed E-state index contributed by atoms with van der Waals surface area (Å²) in [5, 5.41) is 9.50. The Hall–Kier alpha value is -4.26. The van der Waals surface area contributed by atoms with Gasteiger partial charge >= 0.3 is 0 Å². The molecule has 0 spiro atoms. The molecular weight excluding hydrogens is 414 g/mol. The van der Waals surface area contributed by atoms with Crippen LogP contribution in [-0.4, -0.2) is 24.7 Å². The first-order valence-corrected chi connectivity index (χ1v) is 10.8. The highest BCUT2D eigenvalue weighted by atomic mass is 16.5. The molecule has 7 nitrogen and oxygen atoms in total. The number of para-hydroxylation sites is 3. The van der Waals surface area contributed by atoms with E-state index in [1.807, 2.05) is 54.6 Å². The maximum Gasteiger partial charge on any atom is 0.253 e. The molecule has 6 rings (SSSR count). The van der Waals surface area contributed by atoms with Gasteiger partial charge in [0.25, 0.3) is 5.89 Å². The van der Waals surface area contributed by atoms with Gasteiger partial charge in [-0.05, 0) is 49.7 Å². The number of fused-ring (bicyclic) bond motifs is 4. The van der Waals surface area contributed by atoms with Crippen LogP contribution in [0.1, 0.15) is 22.9 Å². The smallest absolute Gasteiger partial charge is 0.253 e. The second kappa shape index (κ2) is 7.70. The molecule has 3 aromatic carbocycles. The number of aryl methyl sites for hydroxylation is 2. The van der Waals surface area contributed by atoms with Gasteiger partial charge in [-0.25, -0.2) is 9.97 Å². The summed E-state index contributed by atoms with van der Waals surface area (Å²) in [7, 11) is 0. The number of ether oxygens (including phenoxy) is 1. The van der Waals surface area contributed by atoms with Crippen LogP contribution in [0.15, 0.2) is 71.1 Å². The van der Waals surface area contributed by atoms with Crippen molar-refractivity contribution >= 4 is 33.1 Å². The van der Waals surface area contributed by atoms with E-state index in [9.17, 15) is 0 Å². The van der Waals surface area contributed by atoms with Crippen LogP contribution in [0.5, 0.6) is 5.75 Å². The molecule has 0 saturated heterocycles. The third kappa shape index (κ3) is 3.47. The Morgan fingerprint density at radius 3 is 2.39 bits per heavy atom. The van der Waals surface area contributed by atoms with E-state index >= 15 is 0 Å². The molecule has 0 aliphatic carbocycles. The van der Waals surface area contributed by atoms with Crippen molar-refractivity contribution in [3.05, 3.63) is 89.6 Å². The highest BCUT2D eigenvalue weighted by Crippen LogP contribution is 2.32. The van der Waals surface area contributed by atoms with Crippen molar-refractivity contribution < 1.29 is 9.15 Å². The van der Waals surface area contributed by atoms with Crippen molar-refractivity contribution in [1.82, 2.24) is 24.7 Å². The molecular formula is C26H21N5O2. The van der Waals surface area contributed by atoms with Crippen molar-refractivity contribution in [2.45, 2.75) is 27.0 Å². The minimum Gasteiger partial charge on any atom is -0.484 e. The fourth-order valence-electron chi connectivity index (χ4n) is 4.33. The molecule has 0 bridgehead atoms. The monoisotopic (exact) mass is 435 g/mol. The summed E-state index contributed by atoms with van der Waals surface area (Å²) in [6.07, 6.45) is 0. The van der Waals surface area contributed by atoms with Gasteiger partial charge in [0.15, 0.2) is 12.3 Å². The van der Waals surface area contributed by atoms with Crippen LogP contribution in [-0.2, 0) is 13.2 Å². The minimum absolute atomic E-state index is 0.215. The van der Waals surface area contributed by atoms with Crippen LogP contribution in [0, 0.1) is 13.8 Å². The van der Waals surface area contributed by atoms with Crippen molar-refractivity contribution in [2.75, 3.05) is 0 Å². The Morgan fingerprint density at radius 1 is 0.848 bits per heavy atom. The fourth-order valence-corrected chi connectivity index (χ4v) is 4.33. The summed E-state index contributed by atoms with van der Waals surface area (Å²) in [5.41, 5.74) is 6.83. The van der Waals surface area contributed by atoms with E-state index in [1.54, 1.807) is 0 Å². The highest BCUT2D eigenvalue weighted by molar-refractivity contribution is 6.07. The van der Waals surface area contributed by atoms with E-state index < -0.39 is 0 Å². The predicted octanol–water partition coefficient (Wildman–Crippen LogP) is 5.36. The number of benzene rings is 3. The first-order chi connectivity index (χ1) is 16.2. The van der Waals surface area contributed by atoms with Crippen LogP contribution < -0.4 is 4.74 Å². The molecule has 6 aromatic rings. The van der Waals surface area contributed by atoms with E-state index in [0.717, 1.165) is 44.4 Å². The summed E-state index contributed by atoms with van der Waals surface area (Å²) in [6, 6.07) is 21.8. The summed E-state index contributed by atoms with van der Waals surface area (Å²) in [5.74, 6) is 1.68. The largest absolute Gasteiger partial charge is 0.484 e. The van der Waals surface area contributed by atoms with Gasteiger partial charge in [0.2, 0.25) is 5.89 Å². The van der Waals surface area contributed by atoms with Gasteiger partial charge in [-0.2, -0.15) is 0 Å². The fraction of sp³-hybridized carbons (Fsp3) is 0.154. The molecule has 3 heterocycles.